The van der Waals surface area contributed by atoms with E-state index in [9.17, 15) is 13.2 Å². The van der Waals surface area contributed by atoms with Crippen molar-refractivity contribution in [2.24, 2.45) is 0 Å². The number of nitrogens with one attached hydrogen (secondary N) is 1. The average Bonchev–Trinajstić information content (AvgIpc) is 2.14. The first-order valence-electron chi connectivity index (χ1n) is 5.16. The van der Waals surface area contributed by atoms with Gasteiger partial charge in [-0.2, -0.15) is 18.4 Å². The van der Waals surface area contributed by atoms with Crippen molar-refractivity contribution in [1.29, 1.82) is 5.26 Å². The summed E-state index contributed by atoms with van der Waals surface area (Å²) in [6, 6.07) is 6.19. The number of alkyl halides is 3. The summed E-state index contributed by atoms with van der Waals surface area (Å²) in [5.41, 5.74) is 1.87. The van der Waals surface area contributed by atoms with Crippen LogP contribution in [0.1, 0.15) is 24.5 Å². The lowest BCUT2D eigenvalue weighted by atomic mass is 10.1. The fourth-order valence-corrected chi connectivity index (χ4v) is 1.56. The monoisotopic (exact) mass is 242 g/mol. The highest BCUT2D eigenvalue weighted by Crippen LogP contribution is 2.23. The van der Waals surface area contributed by atoms with E-state index in [1.54, 1.807) is 25.1 Å². The maximum Gasteiger partial charge on any atom is 0.391 e. The number of benzene rings is 1. The molecule has 0 saturated carbocycles. The highest BCUT2D eigenvalue weighted by Gasteiger charge is 2.29. The van der Waals surface area contributed by atoms with Crippen LogP contribution in [0.5, 0.6) is 0 Å². The Kier molecular flexibility index (Phi) is 4.00. The molecule has 0 aliphatic heterocycles. The van der Waals surface area contributed by atoms with Crippen molar-refractivity contribution in [2.75, 3.05) is 5.32 Å². The van der Waals surface area contributed by atoms with Crippen LogP contribution in [0.4, 0.5) is 18.9 Å². The summed E-state index contributed by atoms with van der Waals surface area (Å²) >= 11 is 0. The lowest BCUT2D eigenvalue weighted by molar-refractivity contribution is -0.136. The lowest BCUT2D eigenvalue weighted by Crippen LogP contribution is -2.23. The molecule has 1 aromatic carbocycles. The zero-order chi connectivity index (χ0) is 13.1. The van der Waals surface area contributed by atoms with Crippen LogP contribution in [0.2, 0.25) is 0 Å². The Labute approximate surface area is 98.1 Å². The molecular formula is C12H13F3N2. The Balaban J connectivity index is 2.70. The first-order chi connectivity index (χ1) is 7.81. The van der Waals surface area contributed by atoms with Crippen LogP contribution in [-0.4, -0.2) is 12.2 Å². The van der Waals surface area contributed by atoms with Gasteiger partial charge in [0.2, 0.25) is 0 Å². The highest BCUT2D eigenvalue weighted by atomic mass is 19.4. The van der Waals surface area contributed by atoms with E-state index < -0.39 is 18.6 Å². The topological polar surface area (TPSA) is 35.8 Å². The average molecular weight is 242 g/mol. The number of aryl methyl sites for hydroxylation is 1. The molecule has 92 valence electrons. The molecule has 0 aromatic heterocycles. The first-order valence-corrected chi connectivity index (χ1v) is 5.16. The van der Waals surface area contributed by atoms with E-state index in [1.165, 1.54) is 6.92 Å². The third-order valence-electron chi connectivity index (χ3n) is 2.30. The molecule has 1 atom stereocenters. The summed E-state index contributed by atoms with van der Waals surface area (Å²) in [6.45, 7) is 3.22. The number of halogens is 3. The molecular weight excluding hydrogens is 229 g/mol. The van der Waals surface area contributed by atoms with Crippen LogP contribution in [0, 0.1) is 18.3 Å². The summed E-state index contributed by atoms with van der Waals surface area (Å²) in [7, 11) is 0. The van der Waals surface area contributed by atoms with Crippen molar-refractivity contribution >= 4 is 5.69 Å². The number of rotatable bonds is 3. The van der Waals surface area contributed by atoms with Gasteiger partial charge < -0.3 is 5.32 Å². The third-order valence-corrected chi connectivity index (χ3v) is 2.30. The summed E-state index contributed by atoms with van der Waals surface area (Å²) in [5.74, 6) is 0. The molecule has 1 aromatic rings. The molecule has 2 nitrogen and oxygen atoms in total. The van der Waals surface area contributed by atoms with Crippen molar-refractivity contribution in [1.82, 2.24) is 0 Å². The predicted octanol–water partition coefficient (Wildman–Crippen LogP) is 3.62. The van der Waals surface area contributed by atoms with Gasteiger partial charge in [-0.25, -0.2) is 0 Å². The van der Waals surface area contributed by atoms with Crippen molar-refractivity contribution in [3.63, 3.8) is 0 Å². The minimum atomic E-state index is -4.17. The van der Waals surface area contributed by atoms with Gasteiger partial charge in [-0.15, -0.1) is 0 Å². The molecule has 1 N–H and O–H groups in total. The number of hydrogen-bond donors (Lipinski definition) is 1. The lowest BCUT2D eigenvalue weighted by Gasteiger charge is -2.17. The van der Waals surface area contributed by atoms with Gasteiger partial charge in [0.1, 0.15) is 0 Å². The fourth-order valence-electron chi connectivity index (χ4n) is 1.56. The van der Waals surface area contributed by atoms with Crippen molar-refractivity contribution < 1.29 is 13.2 Å². The van der Waals surface area contributed by atoms with Gasteiger partial charge in [-0.1, -0.05) is 0 Å². The standard InChI is InChI=1S/C12H13F3N2/c1-8-5-11(4-3-10(8)7-16)17-9(2)6-12(13,14)15/h3-5,9,17H,6H2,1-2H3. The molecule has 1 unspecified atom stereocenters. The zero-order valence-corrected chi connectivity index (χ0v) is 9.60. The smallest absolute Gasteiger partial charge is 0.382 e. The first kappa shape index (κ1) is 13.4. The Morgan fingerprint density at radius 3 is 2.53 bits per heavy atom. The maximum atomic E-state index is 12.1. The van der Waals surface area contributed by atoms with Crippen LogP contribution in [0.3, 0.4) is 0 Å². The molecule has 0 spiro atoms. The number of nitriles is 1. The van der Waals surface area contributed by atoms with E-state index in [1.807, 2.05) is 6.07 Å². The van der Waals surface area contributed by atoms with E-state index in [4.69, 9.17) is 5.26 Å². The van der Waals surface area contributed by atoms with Crippen molar-refractivity contribution in [3.8, 4) is 6.07 Å². The van der Waals surface area contributed by atoms with Gasteiger partial charge in [-0.3, -0.25) is 0 Å². The van der Waals surface area contributed by atoms with Crippen LogP contribution in [-0.2, 0) is 0 Å². The van der Waals surface area contributed by atoms with Crippen LogP contribution in [0.15, 0.2) is 18.2 Å². The quantitative estimate of drug-likeness (QED) is 0.878. The molecule has 1 rings (SSSR count). The van der Waals surface area contributed by atoms with Gasteiger partial charge >= 0.3 is 6.18 Å². The summed E-state index contributed by atoms with van der Waals surface area (Å²) in [5, 5.41) is 11.5. The largest absolute Gasteiger partial charge is 0.391 e. The molecule has 0 amide bonds. The highest BCUT2D eigenvalue weighted by molar-refractivity contribution is 5.52. The summed E-state index contributed by atoms with van der Waals surface area (Å²) in [4.78, 5) is 0. The Hall–Kier alpha value is -1.70. The van der Waals surface area contributed by atoms with E-state index in [0.717, 1.165) is 5.56 Å². The summed E-state index contributed by atoms with van der Waals surface area (Å²) in [6.07, 6.45) is -5.06. The van der Waals surface area contributed by atoms with Crippen LogP contribution >= 0.6 is 0 Å². The molecule has 0 heterocycles. The van der Waals surface area contributed by atoms with E-state index in [-0.39, 0.29) is 0 Å². The minimum absolute atomic E-state index is 0.527. The second-order valence-corrected chi connectivity index (χ2v) is 4.01. The molecule has 0 bridgehead atoms. The molecule has 0 aliphatic rings. The van der Waals surface area contributed by atoms with Gasteiger partial charge in [0, 0.05) is 11.7 Å². The molecule has 0 aliphatic carbocycles. The second kappa shape index (κ2) is 5.09. The molecule has 0 saturated heterocycles. The van der Waals surface area contributed by atoms with Crippen LogP contribution < -0.4 is 5.32 Å². The predicted molar refractivity (Wildman–Crippen MR) is 59.7 cm³/mol. The van der Waals surface area contributed by atoms with E-state index in [2.05, 4.69) is 5.32 Å². The Bertz CT molecular complexity index is 432. The van der Waals surface area contributed by atoms with Gasteiger partial charge in [0.05, 0.1) is 18.1 Å². The number of anilines is 1. The Morgan fingerprint density at radius 2 is 2.06 bits per heavy atom. The second-order valence-electron chi connectivity index (χ2n) is 4.01. The normalized spacial score (nSPS) is 12.9. The fraction of sp³-hybridized carbons (Fsp3) is 0.417. The van der Waals surface area contributed by atoms with Gasteiger partial charge in [-0.05, 0) is 37.6 Å². The summed E-state index contributed by atoms with van der Waals surface area (Å²) < 4.78 is 36.4. The van der Waals surface area contributed by atoms with E-state index >= 15 is 0 Å². The van der Waals surface area contributed by atoms with Gasteiger partial charge in [0.25, 0.3) is 0 Å². The molecule has 0 radical (unpaired) electrons. The number of hydrogen-bond acceptors (Lipinski definition) is 2. The van der Waals surface area contributed by atoms with Crippen LogP contribution in [0.25, 0.3) is 0 Å². The van der Waals surface area contributed by atoms with Crippen molar-refractivity contribution in [2.45, 2.75) is 32.5 Å². The van der Waals surface area contributed by atoms with Crippen molar-refractivity contribution in [3.05, 3.63) is 29.3 Å². The van der Waals surface area contributed by atoms with E-state index in [0.29, 0.717) is 11.3 Å². The van der Waals surface area contributed by atoms with Gasteiger partial charge in [0.15, 0.2) is 0 Å². The minimum Gasteiger partial charge on any atom is -0.382 e. The Morgan fingerprint density at radius 1 is 1.41 bits per heavy atom. The number of nitrogens with zero attached hydrogens (tertiary/aromatic N) is 1. The maximum absolute atomic E-state index is 12.1. The molecule has 0 fully saturated rings. The molecule has 17 heavy (non-hydrogen) atoms. The third kappa shape index (κ3) is 4.35. The zero-order valence-electron chi connectivity index (χ0n) is 9.60. The molecule has 5 heteroatoms. The SMILES string of the molecule is Cc1cc(NC(C)CC(F)(F)F)ccc1C#N.